The molecule has 3 nitrogen and oxygen atoms in total. The number of phenolic OH excluding ortho intramolecular Hbond substituents is 1. The average molecular weight is 368 g/mol. The summed E-state index contributed by atoms with van der Waals surface area (Å²) in [4.78, 5) is 26.0. The molecule has 0 radical (unpaired) electrons. The second-order valence-corrected chi connectivity index (χ2v) is 12.3. The molecule has 0 saturated carbocycles. The second kappa shape index (κ2) is 5.36. The summed E-state index contributed by atoms with van der Waals surface area (Å²) in [6.45, 7) is 5.48. The Morgan fingerprint density at radius 1 is 1.04 bits per heavy atom. The van der Waals surface area contributed by atoms with E-state index in [4.69, 9.17) is 0 Å². The zero-order chi connectivity index (χ0) is 18.9. The maximum absolute atomic E-state index is 14.9. The summed E-state index contributed by atoms with van der Waals surface area (Å²) in [6, 6.07) is 8.12. The van der Waals surface area contributed by atoms with Gasteiger partial charge in [-0.15, -0.1) is 0 Å². The highest BCUT2D eigenvalue weighted by Crippen LogP contribution is 2.50. The van der Waals surface area contributed by atoms with Crippen molar-refractivity contribution in [2.24, 2.45) is 0 Å². The Morgan fingerprint density at radius 2 is 1.69 bits per heavy atom. The largest absolute Gasteiger partial charge is 0.507 e. The molecule has 26 heavy (non-hydrogen) atoms. The Balaban J connectivity index is 1.88. The predicted molar refractivity (Wildman–Crippen MR) is 100 cm³/mol. The smallest absolute Gasteiger partial charge is 0.247 e. The minimum absolute atomic E-state index is 0.0860. The quantitative estimate of drug-likeness (QED) is 0.505. The van der Waals surface area contributed by atoms with Gasteiger partial charge >= 0.3 is 0 Å². The van der Waals surface area contributed by atoms with Crippen LogP contribution in [0.25, 0.3) is 0 Å². The van der Waals surface area contributed by atoms with Crippen LogP contribution in [0.15, 0.2) is 30.3 Å². The number of aromatic hydroxyl groups is 1. The minimum atomic E-state index is -2.87. The van der Waals surface area contributed by atoms with Crippen molar-refractivity contribution >= 4 is 20.0 Å². The van der Waals surface area contributed by atoms with Crippen LogP contribution < -0.4 is 0 Å². The van der Waals surface area contributed by atoms with Crippen molar-refractivity contribution in [1.82, 2.24) is 0 Å². The van der Waals surface area contributed by atoms with E-state index in [0.717, 1.165) is 11.1 Å². The number of benzene rings is 2. The first-order valence-corrected chi connectivity index (χ1v) is 11.8. The van der Waals surface area contributed by atoms with Crippen LogP contribution in [0.5, 0.6) is 5.75 Å². The SMILES string of the molecule is C[C@]1([Si](C)(C)F)CCc2c(ccc3c2C(=O)c2cccc(O)c2C3=O)C1. The van der Waals surface area contributed by atoms with E-state index in [-0.39, 0.29) is 33.5 Å². The molecule has 0 fully saturated rings. The molecule has 134 valence electrons. The van der Waals surface area contributed by atoms with E-state index in [1.807, 2.05) is 13.0 Å². The molecule has 2 aliphatic carbocycles. The maximum atomic E-state index is 14.9. The number of hydrogen-bond donors (Lipinski definition) is 1. The third-order valence-electron chi connectivity index (χ3n) is 6.34. The number of carbonyl (C=O) groups excluding carboxylic acids is 2. The lowest BCUT2D eigenvalue weighted by Crippen LogP contribution is -2.41. The summed E-state index contributed by atoms with van der Waals surface area (Å²) in [7, 11) is -2.87. The fourth-order valence-electron chi connectivity index (χ4n) is 4.25. The molecule has 1 atom stereocenters. The summed E-state index contributed by atoms with van der Waals surface area (Å²) in [5.41, 5.74) is 2.99. The molecule has 1 N–H and O–H groups in total. The van der Waals surface area contributed by atoms with Gasteiger partial charge in [-0.1, -0.05) is 25.1 Å². The highest BCUT2D eigenvalue weighted by molar-refractivity contribution is 6.73. The molecule has 0 amide bonds. The topological polar surface area (TPSA) is 54.4 Å². The molecule has 0 bridgehead atoms. The van der Waals surface area contributed by atoms with Gasteiger partial charge in [0, 0.05) is 16.7 Å². The Labute approximate surface area is 153 Å². The third-order valence-corrected chi connectivity index (χ3v) is 9.64. The molecule has 0 aromatic heterocycles. The monoisotopic (exact) mass is 368 g/mol. The van der Waals surface area contributed by atoms with Crippen LogP contribution in [0.2, 0.25) is 18.1 Å². The van der Waals surface area contributed by atoms with Gasteiger partial charge in [0.15, 0.2) is 11.6 Å². The molecular weight excluding hydrogens is 347 g/mol. The number of ketones is 2. The van der Waals surface area contributed by atoms with Crippen LogP contribution >= 0.6 is 0 Å². The molecule has 2 aromatic carbocycles. The number of hydrogen-bond acceptors (Lipinski definition) is 3. The molecule has 0 saturated heterocycles. The van der Waals surface area contributed by atoms with Crippen molar-refractivity contribution in [2.45, 2.75) is 44.3 Å². The molecule has 0 aliphatic heterocycles. The van der Waals surface area contributed by atoms with Crippen LogP contribution in [0.4, 0.5) is 4.11 Å². The van der Waals surface area contributed by atoms with E-state index >= 15 is 0 Å². The standard InChI is InChI=1S/C21H21FO3Si/c1-21(26(2,3)22)10-9-13-12(11-21)7-8-15-17(13)19(24)14-5-4-6-16(23)18(14)20(15)25/h4-8,23H,9-11H2,1-3H3/t21-/m0/s1. The van der Waals surface area contributed by atoms with Crippen LogP contribution in [-0.2, 0) is 12.8 Å². The fourth-order valence-corrected chi connectivity index (χ4v) is 5.58. The van der Waals surface area contributed by atoms with Crippen LogP contribution in [0.3, 0.4) is 0 Å². The van der Waals surface area contributed by atoms with E-state index in [1.54, 1.807) is 31.3 Å². The van der Waals surface area contributed by atoms with E-state index in [2.05, 4.69) is 0 Å². The fraction of sp³-hybridized carbons (Fsp3) is 0.333. The zero-order valence-electron chi connectivity index (χ0n) is 15.1. The van der Waals surface area contributed by atoms with Gasteiger partial charge in [-0.05, 0) is 60.7 Å². The summed E-state index contributed by atoms with van der Waals surface area (Å²) in [5, 5.41) is 9.69. The van der Waals surface area contributed by atoms with Gasteiger partial charge in [-0.3, -0.25) is 9.59 Å². The molecule has 0 heterocycles. The van der Waals surface area contributed by atoms with Gasteiger partial charge in [-0.25, -0.2) is 0 Å². The van der Waals surface area contributed by atoms with Gasteiger partial charge in [0.25, 0.3) is 0 Å². The highest BCUT2D eigenvalue weighted by Gasteiger charge is 2.47. The van der Waals surface area contributed by atoms with Crippen LogP contribution in [0, 0.1) is 0 Å². The van der Waals surface area contributed by atoms with Crippen LogP contribution in [0.1, 0.15) is 56.3 Å². The number of carbonyl (C=O) groups is 2. The van der Waals surface area contributed by atoms with Crippen molar-refractivity contribution in [3.05, 3.63) is 63.7 Å². The van der Waals surface area contributed by atoms with E-state index in [1.165, 1.54) is 6.07 Å². The van der Waals surface area contributed by atoms with Crippen molar-refractivity contribution in [3.8, 4) is 5.75 Å². The summed E-state index contributed by atoms with van der Waals surface area (Å²) in [6.07, 6.45) is 1.88. The minimum Gasteiger partial charge on any atom is -0.507 e. The molecule has 4 rings (SSSR count). The average Bonchev–Trinajstić information content (AvgIpc) is 2.57. The number of halogens is 1. The van der Waals surface area contributed by atoms with Crippen molar-refractivity contribution in [2.75, 3.05) is 0 Å². The number of fused-ring (bicyclic) bond motifs is 4. The summed E-state index contributed by atoms with van der Waals surface area (Å²) < 4.78 is 14.9. The first-order valence-electron chi connectivity index (χ1n) is 8.89. The molecule has 5 heteroatoms. The Kier molecular flexibility index (Phi) is 3.54. The Bertz CT molecular complexity index is 974. The normalized spacial score (nSPS) is 21.8. The predicted octanol–water partition coefficient (Wildman–Crippen LogP) is 4.59. The number of rotatable bonds is 1. The number of phenols is 1. The first-order chi connectivity index (χ1) is 12.1. The first kappa shape index (κ1) is 17.2. The van der Waals surface area contributed by atoms with Crippen molar-refractivity contribution in [1.29, 1.82) is 0 Å². The van der Waals surface area contributed by atoms with Gasteiger partial charge < -0.3 is 9.21 Å². The van der Waals surface area contributed by atoms with Crippen molar-refractivity contribution in [3.63, 3.8) is 0 Å². The van der Waals surface area contributed by atoms with E-state index < -0.39 is 8.41 Å². The van der Waals surface area contributed by atoms with Gasteiger partial charge in [0.2, 0.25) is 8.41 Å². The Morgan fingerprint density at radius 3 is 2.38 bits per heavy atom. The lowest BCUT2D eigenvalue weighted by molar-refractivity contribution is 0.0975. The molecule has 0 spiro atoms. The second-order valence-electron chi connectivity index (χ2n) is 8.19. The lowest BCUT2D eigenvalue weighted by atomic mass is 9.75. The van der Waals surface area contributed by atoms with Gasteiger partial charge in [0.05, 0.1) is 5.56 Å². The van der Waals surface area contributed by atoms with E-state index in [9.17, 15) is 18.8 Å². The van der Waals surface area contributed by atoms with E-state index in [0.29, 0.717) is 30.4 Å². The van der Waals surface area contributed by atoms with Crippen LogP contribution in [-0.4, -0.2) is 25.1 Å². The van der Waals surface area contributed by atoms with Crippen molar-refractivity contribution < 1.29 is 18.8 Å². The zero-order valence-corrected chi connectivity index (χ0v) is 16.1. The molecule has 2 aliphatic rings. The summed E-state index contributed by atoms with van der Waals surface area (Å²) in [5.74, 6) is -0.700. The Hall–Kier alpha value is -2.27. The maximum Gasteiger partial charge on any atom is 0.247 e. The molecule has 2 aromatic rings. The molecule has 0 unspecified atom stereocenters. The van der Waals surface area contributed by atoms with Gasteiger partial charge in [0.1, 0.15) is 5.75 Å². The highest BCUT2D eigenvalue weighted by atomic mass is 28.4. The van der Waals surface area contributed by atoms with Gasteiger partial charge in [-0.2, -0.15) is 0 Å². The summed E-state index contributed by atoms with van der Waals surface area (Å²) >= 11 is 0. The lowest BCUT2D eigenvalue weighted by Gasteiger charge is -2.41. The third kappa shape index (κ3) is 2.23. The molecular formula is C21H21FO3Si.